The highest BCUT2D eigenvalue weighted by molar-refractivity contribution is 6.24. The second-order valence-corrected chi connectivity index (χ2v) is 4.36. The van der Waals surface area contributed by atoms with E-state index in [1.54, 1.807) is 48.5 Å². The van der Waals surface area contributed by atoms with Crippen molar-refractivity contribution in [1.29, 1.82) is 0 Å². The van der Waals surface area contributed by atoms with E-state index in [9.17, 15) is 19.5 Å². The predicted octanol–water partition coefficient (Wildman–Crippen LogP) is 2.21. The van der Waals surface area contributed by atoms with Gasteiger partial charge in [0.15, 0.2) is 11.7 Å². The number of carbonyl (C=O) groups excluding carboxylic acids is 2. The third kappa shape index (κ3) is 3.54. The van der Waals surface area contributed by atoms with Gasteiger partial charge in [-0.05, 0) is 12.1 Å². The molecule has 21 heavy (non-hydrogen) atoms. The van der Waals surface area contributed by atoms with Crippen LogP contribution >= 0.6 is 0 Å². The van der Waals surface area contributed by atoms with Crippen LogP contribution in [0.2, 0.25) is 0 Å². The molecule has 2 N–H and O–H groups in total. The Labute approximate surface area is 121 Å². The minimum absolute atomic E-state index is 0.188. The summed E-state index contributed by atoms with van der Waals surface area (Å²) in [6.45, 7) is 0. The van der Waals surface area contributed by atoms with Gasteiger partial charge in [0.05, 0.1) is 0 Å². The van der Waals surface area contributed by atoms with E-state index in [-0.39, 0.29) is 5.56 Å². The topological polar surface area (TPSA) is 83.5 Å². The molecule has 0 radical (unpaired) electrons. The molecule has 1 unspecified atom stereocenters. The lowest BCUT2D eigenvalue weighted by atomic mass is 9.97. The van der Waals surface area contributed by atoms with Crippen LogP contribution in [0.15, 0.2) is 60.7 Å². The van der Waals surface area contributed by atoms with Crippen LogP contribution in [0.25, 0.3) is 0 Å². The fourth-order valence-electron chi connectivity index (χ4n) is 1.85. The summed E-state index contributed by atoms with van der Waals surface area (Å²) >= 11 is 0. The van der Waals surface area contributed by atoms with Crippen LogP contribution < -0.4 is 5.32 Å². The molecule has 0 bridgehead atoms. The smallest absolute Gasteiger partial charge is 0.324 e. The van der Waals surface area contributed by atoms with Gasteiger partial charge in [-0.3, -0.25) is 14.4 Å². The lowest BCUT2D eigenvalue weighted by Gasteiger charge is -2.12. The number of ketones is 1. The molecular formula is C16H13NO4. The monoisotopic (exact) mass is 283 g/mol. The first-order chi connectivity index (χ1) is 10.1. The predicted molar refractivity (Wildman–Crippen MR) is 77.0 cm³/mol. The number of aliphatic carboxylic acids is 1. The molecule has 0 aliphatic rings. The zero-order valence-electron chi connectivity index (χ0n) is 11.0. The third-order valence-corrected chi connectivity index (χ3v) is 2.87. The number of carbonyl (C=O) groups is 3. The second kappa shape index (κ2) is 6.47. The minimum Gasteiger partial charge on any atom is -0.480 e. The Morgan fingerprint density at radius 1 is 0.857 bits per heavy atom. The van der Waals surface area contributed by atoms with Gasteiger partial charge in [0.1, 0.15) is 0 Å². The summed E-state index contributed by atoms with van der Waals surface area (Å²) in [6, 6.07) is 16.3. The van der Waals surface area contributed by atoms with Gasteiger partial charge in [0.2, 0.25) is 5.91 Å². The zero-order valence-corrected chi connectivity index (χ0v) is 11.0. The average molecular weight is 283 g/mol. The van der Waals surface area contributed by atoms with E-state index in [4.69, 9.17) is 0 Å². The molecule has 0 saturated heterocycles. The Morgan fingerprint density at radius 3 is 1.90 bits per heavy atom. The summed E-state index contributed by atoms with van der Waals surface area (Å²) in [5.41, 5.74) is 0.628. The van der Waals surface area contributed by atoms with Crippen molar-refractivity contribution in [1.82, 2.24) is 0 Å². The highest BCUT2D eigenvalue weighted by atomic mass is 16.4. The van der Waals surface area contributed by atoms with Crippen LogP contribution in [-0.2, 0) is 9.59 Å². The first-order valence-corrected chi connectivity index (χ1v) is 6.27. The summed E-state index contributed by atoms with van der Waals surface area (Å²) in [4.78, 5) is 35.5. The Kier molecular flexibility index (Phi) is 4.46. The molecule has 2 rings (SSSR count). The summed E-state index contributed by atoms with van der Waals surface area (Å²) in [5.74, 6) is -4.84. The number of carboxylic acids is 1. The molecule has 2 aromatic rings. The Balaban J connectivity index is 2.21. The normalized spacial score (nSPS) is 11.4. The van der Waals surface area contributed by atoms with Gasteiger partial charge in [-0.2, -0.15) is 0 Å². The number of anilines is 1. The van der Waals surface area contributed by atoms with Gasteiger partial charge in [0, 0.05) is 11.3 Å². The molecular weight excluding hydrogens is 270 g/mol. The number of nitrogens with one attached hydrogen (secondary N) is 1. The van der Waals surface area contributed by atoms with Gasteiger partial charge in [-0.15, -0.1) is 0 Å². The molecule has 5 heteroatoms. The van der Waals surface area contributed by atoms with Crippen LogP contribution in [0.3, 0.4) is 0 Å². The fraction of sp³-hybridized carbons (Fsp3) is 0.0625. The van der Waals surface area contributed by atoms with E-state index >= 15 is 0 Å². The summed E-state index contributed by atoms with van der Waals surface area (Å²) in [5, 5.41) is 11.6. The lowest BCUT2D eigenvalue weighted by Crippen LogP contribution is -2.36. The Bertz CT molecular complexity index is 652. The van der Waals surface area contributed by atoms with E-state index < -0.39 is 23.6 Å². The molecule has 0 heterocycles. The van der Waals surface area contributed by atoms with E-state index in [1.807, 2.05) is 0 Å². The summed E-state index contributed by atoms with van der Waals surface area (Å²) < 4.78 is 0. The first kappa shape index (κ1) is 14.5. The first-order valence-electron chi connectivity index (χ1n) is 6.27. The van der Waals surface area contributed by atoms with Crippen molar-refractivity contribution in [3.8, 4) is 0 Å². The fourth-order valence-corrected chi connectivity index (χ4v) is 1.85. The highest BCUT2D eigenvalue weighted by Gasteiger charge is 2.34. The molecule has 0 spiro atoms. The maximum absolute atomic E-state index is 12.2. The quantitative estimate of drug-likeness (QED) is 0.651. The number of benzene rings is 2. The SMILES string of the molecule is O=C(O)C(C(=O)Nc1ccccc1)C(=O)c1ccccc1. The maximum Gasteiger partial charge on any atom is 0.324 e. The molecule has 0 aliphatic heterocycles. The summed E-state index contributed by atoms with van der Waals surface area (Å²) in [7, 11) is 0. The second-order valence-electron chi connectivity index (χ2n) is 4.36. The largest absolute Gasteiger partial charge is 0.480 e. The molecule has 0 saturated carbocycles. The van der Waals surface area contributed by atoms with Gasteiger partial charge >= 0.3 is 5.97 Å². The number of rotatable bonds is 5. The average Bonchev–Trinajstić information content (AvgIpc) is 2.49. The van der Waals surface area contributed by atoms with Crippen molar-refractivity contribution in [3.05, 3.63) is 66.2 Å². The van der Waals surface area contributed by atoms with Crippen molar-refractivity contribution in [2.45, 2.75) is 0 Å². The molecule has 5 nitrogen and oxygen atoms in total. The van der Waals surface area contributed by atoms with Crippen LogP contribution in [0.4, 0.5) is 5.69 Å². The number of para-hydroxylation sites is 1. The van der Waals surface area contributed by atoms with Gasteiger partial charge < -0.3 is 10.4 Å². The highest BCUT2D eigenvalue weighted by Crippen LogP contribution is 2.13. The number of Topliss-reactive ketones (excluding diaryl/α,β-unsaturated/α-hetero) is 1. The molecule has 0 aromatic heterocycles. The van der Waals surface area contributed by atoms with Crippen molar-refractivity contribution < 1.29 is 19.5 Å². The van der Waals surface area contributed by atoms with E-state index in [1.165, 1.54) is 12.1 Å². The third-order valence-electron chi connectivity index (χ3n) is 2.87. The molecule has 1 atom stereocenters. The molecule has 2 aromatic carbocycles. The van der Waals surface area contributed by atoms with Crippen LogP contribution in [-0.4, -0.2) is 22.8 Å². The zero-order chi connectivity index (χ0) is 15.2. The van der Waals surface area contributed by atoms with E-state index in [0.29, 0.717) is 5.69 Å². The van der Waals surface area contributed by atoms with Crippen molar-refractivity contribution >= 4 is 23.3 Å². The van der Waals surface area contributed by atoms with Crippen LogP contribution in [0.5, 0.6) is 0 Å². The van der Waals surface area contributed by atoms with Crippen molar-refractivity contribution in [2.24, 2.45) is 5.92 Å². The lowest BCUT2D eigenvalue weighted by molar-refractivity contribution is -0.143. The van der Waals surface area contributed by atoms with Crippen molar-refractivity contribution in [2.75, 3.05) is 5.32 Å². The molecule has 106 valence electrons. The summed E-state index contributed by atoms with van der Waals surface area (Å²) in [6.07, 6.45) is 0. The molecule has 1 amide bonds. The van der Waals surface area contributed by atoms with Gasteiger partial charge in [-0.1, -0.05) is 48.5 Å². The number of hydrogen-bond acceptors (Lipinski definition) is 3. The van der Waals surface area contributed by atoms with Gasteiger partial charge in [0.25, 0.3) is 0 Å². The molecule has 0 aliphatic carbocycles. The Hall–Kier alpha value is -2.95. The maximum atomic E-state index is 12.2. The standard InChI is InChI=1S/C16H13NO4/c18-14(11-7-3-1-4-8-11)13(16(20)21)15(19)17-12-9-5-2-6-10-12/h1-10,13H,(H,17,19)(H,20,21). The van der Waals surface area contributed by atoms with E-state index in [2.05, 4.69) is 5.32 Å². The van der Waals surface area contributed by atoms with E-state index in [0.717, 1.165) is 0 Å². The number of hydrogen-bond donors (Lipinski definition) is 2. The van der Waals surface area contributed by atoms with Gasteiger partial charge in [-0.25, -0.2) is 0 Å². The number of carboxylic acid groups (broad SMARTS) is 1. The molecule has 0 fully saturated rings. The van der Waals surface area contributed by atoms with Crippen LogP contribution in [0.1, 0.15) is 10.4 Å². The number of amides is 1. The minimum atomic E-state index is -1.77. The van der Waals surface area contributed by atoms with Crippen molar-refractivity contribution in [3.63, 3.8) is 0 Å². The Morgan fingerprint density at radius 2 is 1.38 bits per heavy atom. The van der Waals surface area contributed by atoms with Crippen LogP contribution in [0, 0.1) is 5.92 Å².